The summed E-state index contributed by atoms with van der Waals surface area (Å²) in [5.41, 5.74) is 0.724. The van der Waals surface area contributed by atoms with Crippen molar-refractivity contribution in [2.24, 2.45) is 5.41 Å². The number of aromatic nitrogens is 2. The van der Waals surface area contributed by atoms with Gasteiger partial charge in [-0.3, -0.25) is 9.69 Å². The number of benzene rings is 1. The molecule has 0 amide bonds. The highest BCUT2D eigenvalue weighted by Gasteiger charge is 2.40. The number of aliphatic carboxylic acids is 1. The molecule has 0 atom stereocenters. The molecular formula is C19H25N3O2. The number of imidazole rings is 1. The van der Waals surface area contributed by atoms with Crippen LogP contribution in [-0.2, 0) is 17.8 Å². The lowest BCUT2D eigenvalue weighted by Crippen LogP contribution is -2.44. The third kappa shape index (κ3) is 4.03. The summed E-state index contributed by atoms with van der Waals surface area (Å²) in [6.07, 6.45) is 7.65. The van der Waals surface area contributed by atoms with Crippen LogP contribution in [-0.4, -0.2) is 39.0 Å². The number of carboxylic acids is 1. The summed E-state index contributed by atoms with van der Waals surface area (Å²) in [4.78, 5) is 21.6. The van der Waals surface area contributed by atoms with Crippen molar-refractivity contribution in [3.05, 3.63) is 54.1 Å². The lowest BCUT2D eigenvalue weighted by atomic mass is 9.74. The Labute approximate surface area is 142 Å². The fourth-order valence-electron chi connectivity index (χ4n) is 3.58. The molecule has 0 spiro atoms. The first-order valence-corrected chi connectivity index (χ1v) is 8.66. The van der Waals surface area contributed by atoms with Crippen molar-refractivity contribution in [2.75, 3.05) is 13.1 Å². The van der Waals surface area contributed by atoms with Crippen LogP contribution < -0.4 is 0 Å². The Bertz CT molecular complexity index is 632. The van der Waals surface area contributed by atoms with Gasteiger partial charge in [-0.2, -0.15) is 0 Å². The second-order valence-corrected chi connectivity index (χ2v) is 6.74. The van der Waals surface area contributed by atoms with Crippen LogP contribution in [0.4, 0.5) is 0 Å². The summed E-state index contributed by atoms with van der Waals surface area (Å²) in [5, 5.41) is 9.79. The smallest absolute Gasteiger partial charge is 0.309 e. The molecule has 1 aromatic carbocycles. The van der Waals surface area contributed by atoms with E-state index in [1.165, 1.54) is 5.56 Å². The van der Waals surface area contributed by atoms with Gasteiger partial charge in [0.1, 0.15) is 5.82 Å². The maximum Gasteiger partial charge on any atom is 0.309 e. The van der Waals surface area contributed by atoms with Crippen molar-refractivity contribution in [3.63, 3.8) is 0 Å². The molecule has 5 nitrogen and oxygen atoms in total. The van der Waals surface area contributed by atoms with Crippen LogP contribution in [0, 0.1) is 5.41 Å². The molecule has 1 aliphatic heterocycles. The van der Waals surface area contributed by atoms with E-state index in [0.29, 0.717) is 0 Å². The molecule has 128 valence electrons. The summed E-state index contributed by atoms with van der Waals surface area (Å²) in [6, 6.07) is 10.3. The summed E-state index contributed by atoms with van der Waals surface area (Å²) in [5.74, 6) is 0.315. The van der Waals surface area contributed by atoms with Crippen molar-refractivity contribution >= 4 is 5.97 Å². The number of carboxylic acid groups (broad SMARTS) is 1. The highest BCUT2D eigenvalue weighted by Crippen LogP contribution is 2.37. The molecule has 0 radical (unpaired) electrons. The monoisotopic (exact) mass is 327 g/mol. The predicted molar refractivity (Wildman–Crippen MR) is 92.5 cm³/mol. The van der Waals surface area contributed by atoms with E-state index in [1.54, 1.807) is 6.20 Å². The van der Waals surface area contributed by atoms with E-state index in [4.69, 9.17) is 0 Å². The fraction of sp³-hybridized carbons (Fsp3) is 0.474. The van der Waals surface area contributed by atoms with Crippen molar-refractivity contribution in [1.82, 2.24) is 14.9 Å². The third-order valence-electron chi connectivity index (χ3n) is 5.16. The number of piperidine rings is 1. The standard InChI is InChI=1S/C19H25N3O2/c23-18(24)19(8-4-7-16-5-2-1-3-6-16)9-13-22(14-10-19)15-17-20-11-12-21-17/h1-3,5-6,11-12H,4,7-10,13-15H2,(H,20,21)(H,23,24). The molecule has 3 rings (SSSR count). The largest absolute Gasteiger partial charge is 0.481 e. The lowest BCUT2D eigenvalue weighted by molar-refractivity contribution is -0.152. The number of H-pyrrole nitrogens is 1. The van der Waals surface area contributed by atoms with E-state index < -0.39 is 11.4 Å². The van der Waals surface area contributed by atoms with Gasteiger partial charge in [-0.25, -0.2) is 4.98 Å². The van der Waals surface area contributed by atoms with Crippen LogP contribution in [0.15, 0.2) is 42.7 Å². The normalized spacial score (nSPS) is 17.7. The number of carbonyl (C=O) groups is 1. The Morgan fingerprint density at radius 3 is 2.62 bits per heavy atom. The minimum atomic E-state index is -0.631. The van der Waals surface area contributed by atoms with E-state index in [1.807, 2.05) is 24.4 Å². The molecule has 1 aliphatic rings. The molecule has 0 unspecified atom stereocenters. The van der Waals surface area contributed by atoms with E-state index in [0.717, 1.165) is 57.6 Å². The van der Waals surface area contributed by atoms with Crippen LogP contribution in [0.1, 0.15) is 37.1 Å². The predicted octanol–water partition coefficient (Wildman–Crippen LogP) is 3.10. The Hall–Kier alpha value is -2.14. The molecule has 2 N–H and O–H groups in total. The second kappa shape index (κ2) is 7.62. The van der Waals surface area contributed by atoms with Gasteiger partial charge in [-0.15, -0.1) is 0 Å². The van der Waals surface area contributed by atoms with Gasteiger partial charge in [0.05, 0.1) is 12.0 Å². The number of likely N-dealkylation sites (tertiary alicyclic amines) is 1. The molecule has 0 bridgehead atoms. The average molecular weight is 327 g/mol. The first-order chi connectivity index (χ1) is 11.7. The van der Waals surface area contributed by atoms with Crippen LogP contribution >= 0.6 is 0 Å². The highest BCUT2D eigenvalue weighted by atomic mass is 16.4. The minimum Gasteiger partial charge on any atom is -0.481 e. The quantitative estimate of drug-likeness (QED) is 0.820. The third-order valence-corrected chi connectivity index (χ3v) is 5.16. The molecule has 24 heavy (non-hydrogen) atoms. The van der Waals surface area contributed by atoms with Gasteiger partial charge < -0.3 is 10.1 Å². The number of rotatable bonds is 7. The first-order valence-electron chi connectivity index (χ1n) is 8.66. The Morgan fingerprint density at radius 1 is 1.25 bits per heavy atom. The summed E-state index contributed by atoms with van der Waals surface area (Å²) < 4.78 is 0. The van der Waals surface area contributed by atoms with Gasteiger partial charge in [-0.1, -0.05) is 30.3 Å². The van der Waals surface area contributed by atoms with Gasteiger partial charge in [0.2, 0.25) is 0 Å². The fourth-order valence-corrected chi connectivity index (χ4v) is 3.58. The van der Waals surface area contributed by atoms with Gasteiger partial charge >= 0.3 is 5.97 Å². The van der Waals surface area contributed by atoms with Crippen molar-refractivity contribution in [1.29, 1.82) is 0 Å². The van der Waals surface area contributed by atoms with E-state index in [-0.39, 0.29) is 0 Å². The minimum absolute atomic E-state index is 0.561. The van der Waals surface area contributed by atoms with Gasteiger partial charge in [0.25, 0.3) is 0 Å². The van der Waals surface area contributed by atoms with Crippen LogP contribution in [0.2, 0.25) is 0 Å². The number of nitrogens with zero attached hydrogens (tertiary/aromatic N) is 2. The number of aromatic amines is 1. The molecule has 5 heteroatoms. The summed E-state index contributed by atoms with van der Waals surface area (Å²) >= 11 is 0. The maximum absolute atomic E-state index is 11.9. The number of nitrogens with one attached hydrogen (secondary N) is 1. The molecule has 1 saturated heterocycles. The van der Waals surface area contributed by atoms with Gasteiger partial charge in [-0.05, 0) is 50.8 Å². The topological polar surface area (TPSA) is 69.2 Å². The first kappa shape index (κ1) is 16.7. The Balaban J connectivity index is 1.52. The molecule has 0 saturated carbocycles. The van der Waals surface area contributed by atoms with Crippen molar-refractivity contribution in [2.45, 2.75) is 38.6 Å². The second-order valence-electron chi connectivity index (χ2n) is 6.74. The van der Waals surface area contributed by atoms with Crippen LogP contribution in [0.3, 0.4) is 0 Å². The zero-order valence-electron chi connectivity index (χ0n) is 13.9. The molecule has 0 aliphatic carbocycles. The number of hydrogen-bond acceptors (Lipinski definition) is 3. The Kier molecular flexibility index (Phi) is 5.30. The lowest BCUT2D eigenvalue weighted by Gasteiger charge is -2.38. The van der Waals surface area contributed by atoms with Crippen molar-refractivity contribution < 1.29 is 9.90 Å². The van der Waals surface area contributed by atoms with Crippen LogP contribution in [0.25, 0.3) is 0 Å². The summed E-state index contributed by atoms with van der Waals surface area (Å²) in [7, 11) is 0. The zero-order chi connectivity index (χ0) is 16.8. The molecule has 2 heterocycles. The molecule has 1 fully saturated rings. The van der Waals surface area contributed by atoms with Gasteiger partial charge in [0.15, 0.2) is 0 Å². The van der Waals surface area contributed by atoms with E-state index in [9.17, 15) is 9.90 Å². The highest BCUT2D eigenvalue weighted by molar-refractivity contribution is 5.74. The number of aryl methyl sites for hydroxylation is 1. The van der Waals surface area contributed by atoms with E-state index in [2.05, 4.69) is 27.0 Å². The van der Waals surface area contributed by atoms with Crippen LogP contribution in [0.5, 0.6) is 0 Å². The number of hydrogen-bond donors (Lipinski definition) is 2. The SMILES string of the molecule is O=C(O)C1(CCCc2ccccc2)CCN(Cc2ncc[nH]2)CC1. The van der Waals surface area contributed by atoms with E-state index >= 15 is 0 Å². The van der Waals surface area contributed by atoms with Crippen molar-refractivity contribution in [3.8, 4) is 0 Å². The molecule has 1 aromatic heterocycles. The zero-order valence-corrected chi connectivity index (χ0v) is 13.9. The maximum atomic E-state index is 11.9. The van der Waals surface area contributed by atoms with Gasteiger partial charge in [0, 0.05) is 12.4 Å². The average Bonchev–Trinajstić information content (AvgIpc) is 3.10. The summed E-state index contributed by atoms with van der Waals surface area (Å²) in [6.45, 7) is 2.41. The molecule has 2 aromatic rings. The Morgan fingerprint density at radius 2 is 2.00 bits per heavy atom. The molecular weight excluding hydrogens is 302 g/mol.